The van der Waals surface area contributed by atoms with Gasteiger partial charge in [0.1, 0.15) is 0 Å². The van der Waals surface area contributed by atoms with Gasteiger partial charge < -0.3 is 5.11 Å². The topological polar surface area (TPSA) is 50.2 Å². The zero-order chi connectivity index (χ0) is 19.9. The van der Waals surface area contributed by atoms with Crippen molar-refractivity contribution in [2.45, 2.75) is 0 Å². The fourth-order valence-electron chi connectivity index (χ4n) is 2.56. The molecule has 1 heterocycles. The van der Waals surface area contributed by atoms with Crippen LogP contribution in [0.2, 0.25) is 30.1 Å². The first kappa shape index (κ1) is 20.5. The number of benzene rings is 2. The fourth-order valence-corrected chi connectivity index (χ4v) is 3.85. The maximum atomic E-state index is 12.1. The van der Waals surface area contributed by atoms with Crippen LogP contribution in [0.3, 0.4) is 0 Å². The van der Waals surface area contributed by atoms with Gasteiger partial charge in [-0.15, -0.1) is 0 Å². The van der Waals surface area contributed by atoms with Gasteiger partial charge in [-0.25, -0.2) is 4.79 Å². The van der Waals surface area contributed by atoms with E-state index in [2.05, 4.69) is 4.98 Å². The fraction of sp³-hybridized carbons (Fsp3) is 0. The molecule has 3 rings (SSSR count). The normalized spacial score (nSPS) is 10.9. The van der Waals surface area contributed by atoms with Crippen LogP contribution in [0.1, 0.15) is 10.4 Å². The van der Waals surface area contributed by atoms with Crippen LogP contribution in [0.5, 0.6) is 0 Å². The van der Waals surface area contributed by atoms with E-state index >= 15 is 0 Å². The Labute approximate surface area is 184 Å². The van der Waals surface area contributed by atoms with Gasteiger partial charge in [-0.3, -0.25) is 4.98 Å². The number of halogens is 6. The first-order chi connectivity index (χ1) is 12.7. The molecule has 0 amide bonds. The van der Waals surface area contributed by atoms with Crippen molar-refractivity contribution in [3.05, 3.63) is 72.4 Å². The van der Waals surface area contributed by atoms with Crippen LogP contribution in [-0.2, 0) is 0 Å². The molecular weight excluding hydrogens is 475 g/mol. The minimum atomic E-state index is -1.20. The Morgan fingerprint density at radius 3 is 1.37 bits per heavy atom. The van der Waals surface area contributed by atoms with E-state index < -0.39 is 5.97 Å². The second-order valence-electron chi connectivity index (χ2n) is 5.41. The second kappa shape index (κ2) is 8.04. The highest BCUT2D eigenvalue weighted by Crippen LogP contribution is 2.41. The van der Waals surface area contributed by atoms with Gasteiger partial charge in [0.2, 0.25) is 0 Å². The molecule has 138 valence electrons. The van der Waals surface area contributed by atoms with Crippen LogP contribution in [0.25, 0.3) is 22.3 Å². The molecule has 0 unspecified atom stereocenters. The lowest BCUT2D eigenvalue weighted by Crippen LogP contribution is -2.04. The van der Waals surface area contributed by atoms with Gasteiger partial charge in [0.05, 0.1) is 35.7 Å². The smallest absolute Gasteiger partial charge is 0.337 e. The molecule has 0 atom stereocenters. The summed E-state index contributed by atoms with van der Waals surface area (Å²) >= 11 is 36.6. The molecule has 0 spiro atoms. The van der Waals surface area contributed by atoms with Crippen molar-refractivity contribution in [1.29, 1.82) is 0 Å². The van der Waals surface area contributed by atoms with E-state index in [1.807, 2.05) is 0 Å². The van der Waals surface area contributed by atoms with Crippen molar-refractivity contribution < 1.29 is 9.90 Å². The Morgan fingerprint density at radius 2 is 1.00 bits per heavy atom. The highest BCUT2D eigenvalue weighted by molar-refractivity contribution is 6.45. The number of carboxylic acids is 1. The summed E-state index contributed by atoms with van der Waals surface area (Å²) in [6, 6.07) is 5.84. The molecule has 0 aliphatic rings. The first-order valence-corrected chi connectivity index (χ1v) is 9.48. The van der Waals surface area contributed by atoms with Crippen molar-refractivity contribution >= 4 is 75.6 Å². The molecule has 0 saturated heterocycles. The maximum Gasteiger partial charge on any atom is 0.337 e. The molecule has 3 aromatic rings. The second-order valence-corrected chi connectivity index (χ2v) is 7.85. The molecule has 2 aromatic carbocycles. The maximum absolute atomic E-state index is 12.1. The number of pyridine rings is 1. The van der Waals surface area contributed by atoms with Crippen LogP contribution in [0.15, 0.2) is 36.7 Å². The summed E-state index contributed by atoms with van der Waals surface area (Å²) in [6.07, 6.45) is 2.76. The minimum absolute atomic E-state index is 0.0643. The van der Waals surface area contributed by atoms with Crippen molar-refractivity contribution in [3.63, 3.8) is 0 Å². The van der Waals surface area contributed by atoms with Crippen molar-refractivity contribution in [2.24, 2.45) is 0 Å². The van der Waals surface area contributed by atoms with Crippen molar-refractivity contribution in [1.82, 2.24) is 4.98 Å². The standard InChI is InChI=1S/C18H7Cl6NO2/c19-11-3-15(23)13(21)1-7(11)9-5-25-6-10(17(9)18(26)27)8-2-14(22)16(24)4-12(8)20/h1-6H,(H,26,27). The van der Waals surface area contributed by atoms with E-state index in [4.69, 9.17) is 69.6 Å². The lowest BCUT2D eigenvalue weighted by molar-refractivity contribution is 0.0698. The summed E-state index contributed by atoms with van der Waals surface area (Å²) in [5.41, 5.74) is 1.19. The Morgan fingerprint density at radius 1 is 0.630 bits per heavy atom. The third-order valence-corrected chi connectivity index (χ3v) is 5.83. The van der Waals surface area contributed by atoms with Crippen LogP contribution in [0, 0.1) is 0 Å². The average molecular weight is 482 g/mol. The van der Waals surface area contributed by atoms with E-state index in [9.17, 15) is 9.90 Å². The summed E-state index contributed by atoms with van der Waals surface area (Å²) < 4.78 is 0. The molecule has 3 nitrogen and oxygen atoms in total. The number of aromatic nitrogens is 1. The third kappa shape index (κ3) is 4.00. The van der Waals surface area contributed by atoms with Gasteiger partial charge in [-0.05, 0) is 24.3 Å². The first-order valence-electron chi connectivity index (χ1n) is 7.21. The van der Waals surface area contributed by atoms with Crippen molar-refractivity contribution in [2.75, 3.05) is 0 Å². The predicted octanol–water partition coefficient (Wildman–Crippen LogP) is 8.03. The largest absolute Gasteiger partial charge is 0.478 e. The number of aromatic carboxylic acids is 1. The molecule has 0 fully saturated rings. The number of nitrogens with zero attached hydrogens (tertiary/aromatic N) is 1. The molecular formula is C18H7Cl6NO2. The molecule has 1 aromatic heterocycles. The van der Waals surface area contributed by atoms with E-state index in [0.717, 1.165) is 0 Å². The van der Waals surface area contributed by atoms with Gasteiger partial charge in [-0.2, -0.15) is 0 Å². The number of carboxylic acid groups (broad SMARTS) is 1. The summed E-state index contributed by atoms with van der Waals surface area (Å²) in [5.74, 6) is -1.20. The Hall–Kier alpha value is -1.20. The molecule has 0 bridgehead atoms. The highest BCUT2D eigenvalue weighted by atomic mass is 35.5. The zero-order valence-electron chi connectivity index (χ0n) is 13.0. The van der Waals surface area contributed by atoms with Gasteiger partial charge in [0.25, 0.3) is 0 Å². The van der Waals surface area contributed by atoms with Crippen molar-refractivity contribution in [3.8, 4) is 22.3 Å². The van der Waals surface area contributed by atoms with Gasteiger partial charge in [-0.1, -0.05) is 69.6 Å². The molecule has 1 N–H and O–H groups in total. The SMILES string of the molecule is O=C(O)c1c(-c2cc(Cl)c(Cl)cc2Cl)cncc1-c1cc(Cl)c(Cl)cc1Cl. The summed E-state index contributed by atoms with van der Waals surface area (Å²) in [6.45, 7) is 0. The average Bonchev–Trinajstić information content (AvgIpc) is 2.60. The Kier molecular flexibility index (Phi) is 6.11. The summed E-state index contributed by atoms with van der Waals surface area (Å²) in [5, 5.41) is 11.3. The third-order valence-electron chi connectivity index (χ3n) is 3.76. The van der Waals surface area contributed by atoms with E-state index in [1.165, 1.54) is 36.7 Å². The van der Waals surface area contributed by atoms with Gasteiger partial charge >= 0.3 is 5.97 Å². The van der Waals surface area contributed by atoms with Crippen LogP contribution in [-0.4, -0.2) is 16.1 Å². The van der Waals surface area contributed by atoms with E-state index in [1.54, 1.807) is 0 Å². The Bertz CT molecular complexity index is 1010. The van der Waals surface area contributed by atoms with Gasteiger partial charge in [0.15, 0.2) is 0 Å². The number of rotatable bonds is 3. The van der Waals surface area contributed by atoms with Gasteiger partial charge in [0, 0.05) is 34.6 Å². The summed E-state index contributed by atoms with van der Waals surface area (Å²) in [7, 11) is 0. The number of hydrogen-bond donors (Lipinski definition) is 1. The predicted molar refractivity (Wildman–Crippen MR) is 112 cm³/mol. The zero-order valence-corrected chi connectivity index (χ0v) is 17.6. The number of hydrogen-bond acceptors (Lipinski definition) is 2. The molecule has 0 aliphatic heterocycles. The van der Waals surface area contributed by atoms with E-state index in [-0.39, 0.29) is 46.8 Å². The quantitative estimate of drug-likeness (QED) is 0.385. The summed E-state index contributed by atoms with van der Waals surface area (Å²) in [4.78, 5) is 16.2. The highest BCUT2D eigenvalue weighted by Gasteiger charge is 2.23. The minimum Gasteiger partial charge on any atom is -0.478 e. The van der Waals surface area contributed by atoms with Crippen LogP contribution >= 0.6 is 69.6 Å². The lowest BCUT2D eigenvalue weighted by Gasteiger charge is -2.15. The lowest BCUT2D eigenvalue weighted by atomic mass is 9.94. The molecule has 0 radical (unpaired) electrons. The van der Waals surface area contributed by atoms with Crippen LogP contribution in [0.4, 0.5) is 0 Å². The number of carbonyl (C=O) groups is 1. The molecule has 0 aliphatic carbocycles. The van der Waals surface area contributed by atoms with Crippen LogP contribution < -0.4 is 0 Å². The molecule has 0 saturated carbocycles. The monoisotopic (exact) mass is 479 g/mol. The Balaban J connectivity index is 2.35. The molecule has 27 heavy (non-hydrogen) atoms. The molecule has 9 heteroatoms. The van der Waals surface area contributed by atoms with E-state index in [0.29, 0.717) is 11.1 Å².